The van der Waals surface area contributed by atoms with E-state index in [1.165, 1.54) is 25.7 Å². The van der Waals surface area contributed by atoms with Crippen molar-refractivity contribution in [2.24, 2.45) is 0 Å². The molecule has 0 aromatic heterocycles. The number of rotatable bonds is 6. The summed E-state index contributed by atoms with van der Waals surface area (Å²) >= 11 is 0. The van der Waals surface area contributed by atoms with Gasteiger partial charge in [-0.15, -0.1) is 0 Å². The van der Waals surface area contributed by atoms with Crippen LogP contribution in [0, 0.1) is 0 Å². The van der Waals surface area contributed by atoms with Crippen molar-refractivity contribution in [3.05, 3.63) is 60.2 Å². The van der Waals surface area contributed by atoms with Crippen molar-refractivity contribution in [2.45, 2.75) is 37.8 Å². The Balaban J connectivity index is 1.77. The molecule has 2 aromatic carbocycles. The second kappa shape index (κ2) is 7.97. The van der Waals surface area contributed by atoms with Gasteiger partial charge in [-0.1, -0.05) is 36.4 Å². The molecule has 0 heterocycles. The van der Waals surface area contributed by atoms with Gasteiger partial charge in [0, 0.05) is 17.3 Å². The molecule has 0 saturated heterocycles. The predicted octanol–water partition coefficient (Wildman–Crippen LogP) is 2.88. The lowest BCUT2D eigenvalue weighted by atomic mass is 10.0. The zero-order valence-corrected chi connectivity index (χ0v) is 14.1. The van der Waals surface area contributed by atoms with Gasteiger partial charge >= 0.3 is 0 Å². The minimum Gasteiger partial charge on any atom is -0.497 e. The second-order valence-electron chi connectivity index (χ2n) is 6.35. The van der Waals surface area contributed by atoms with Crippen LogP contribution in [0.5, 0.6) is 5.75 Å². The maximum absolute atomic E-state index is 12.9. The summed E-state index contributed by atoms with van der Waals surface area (Å²) in [7, 11) is 1.63. The summed E-state index contributed by atoms with van der Waals surface area (Å²) in [5, 5.41) is 5.27. The number of carbonyl (C=O) groups is 1. The first kappa shape index (κ1) is 16.5. The Morgan fingerprint density at radius 2 is 1.88 bits per heavy atom. The van der Waals surface area contributed by atoms with Gasteiger partial charge in [0.05, 0.1) is 13.2 Å². The van der Waals surface area contributed by atoms with Crippen LogP contribution in [0.15, 0.2) is 54.6 Å². The summed E-state index contributed by atoms with van der Waals surface area (Å²) in [6, 6.07) is 17.8. The van der Waals surface area contributed by atoms with Crippen LogP contribution in [0.3, 0.4) is 0 Å². The highest BCUT2D eigenvalue weighted by atomic mass is 16.5. The number of carbonyl (C=O) groups excluding carboxylic acids is 1. The average Bonchev–Trinajstić information content (AvgIpc) is 3.14. The van der Waals surface area contributed by atoms with Gasteiger partial charge in [0.15, 0.2) is 6.04 Å². The zero-order valence-electron chi connectivity index (χ0n) is 14.1. The zero-order chi connectivity index (χ0) is 16.8. The summed E-state index contributed by atoms with van der Waals surface area (Å²) in [4.78, 5) is 12.9. The predicted molar refractivity (Wildman–Crippen MR) is 95.0 cm³/mol. The standard InChI is InChI=1S/C20H24N2O2/c1-24-18-13-7-12-17(14-18)22-20(23)19(15-8-3-2-4-9-15)21-16-10-5-6-11-16/h2-4,7-9,12-14,16,19,21H,5-6,10-11H2,1H3,(H,22,23)/p+1/t19-/m1/s1. The first-order chi connectivity index (χ1) is 11.8. The summed E-state index contributed by atoms with van der Waals surface area (Å²) in [5.41, 5.74) is 1.81. The molecule has 1 atom stereocenters. The van der Waals surface area contributed by atoms with Crippen molar-refractivity contribution >= 4 is 11.6 Å². The van der Waals surface area contributed by atoms with Crippen molar-refractivity contribution < 1.29 is 14.8 Å². The Morgan fingerprint density at radius 1 is 1.12 bits per heavy atom. The van der Waals surface area contributed by atoms with E-state index in [2.05, 4.69) is 10.6 Å². The number of ether oxygens (including phenoxy) is 1. The molecule has 0 radical (unpaired) electrons. The molecule has 0 aliphatic heterocycles. The van der Waals surface area contributed by atoms with Gasteiger partial charge in [0.25, 0.3) is 5.91 Å². The molecule has 0 spiro atoms. The Morgan fingerprint density at radius 3 is 2.58 bits per heavy atom. The van der Waals surface area contributed by atoms with Crippen molar-refractivity contribution in [1.82, 2.24) is 0 Å². The third kappa shape index (κ3) is 4.15. The quantitative estimate of drug-likeness (QED) is 0.858. The van der Waals surface area contributed by atoms with Crippen LogP contribution in [0.25, 0.3) is 0 Å². The molecule has 0 bridgehead atoms. The monoisotopic (exact) mass is 325 g/mol. The molecule has 1 saturated carbocycles. The van der Waals surface area contributed by atoms with Crippen LogP contribution in [0.4, 0.5) is 5.69 Å². The highest BCUT2D eigenvalue weighted by Gasteiger charge is 2.29. The lowest BCUT2D eigenvalue weighted by molar-refractivity contribution is -0.714. The average molecular weight is 325 g/mol. The third-order valence-corrected chi connectivity index (χ3v) is 4.64. The number of hydrogen-bond donors (Lipinski definition) is 2. The Bertz CT molecular complexity index is 666. The van der Waals surface area contributed by atoms with Crippen molar-refractivity contribution in [2.75, 3.05) is 12.4 Å². The fourth-order valence-electron chi connectivity index (χ4n) is 3.35. The highest BCUT2D eigenvalue weighted by Crippen LogP contribution is 2.20. The summed E-state index contributed by atoms with van der Waals surface area (Å²) in [5.74, 6) is 0.755. The van der Waals surface area contributed by atoms with Crippen LogP contribution >= 0.6 is 0 Å². The Kier molecular flexibility index (Phi) is 5.49. The number of hydrogen-bond acceptors (Lipinski definition) is 2. The van der Waals surface area contributed by atoms with Crippen LogP contribution in [-0.4, -0.2) is 19.1 Å². The van der Waals surface area contributed by atoms with Crippen molar-refractivity contribution in [1.29, 1.82) is 0 Å². The van der Waals surface area contributed by atoms with Crippen molar-refractivity contribution in [3.63, 3.8) is 0 Å². The molecule has 1 amide bonds. The molecule has 0 unspecified atom stereocenters. The number of amides is 1. The minimum atomic E-state index is -0.222. The molecule has 4 heteroatoms. The van der Waals surface area contributed by atoms with E-state index >= 15 is 0 Å². The molecule has 1 aliphatic carbocycles. The maximum atomic E-state index is 12.9. The van der Waals surface area contributed by atoms with E-state index in [4.69, 9.17) is 4.74 Å². The smallest absolute Gasteiger partial charge is 0.287 e. The fourth-order valence-corrected chi connectivity index (χ4v) is 3.35. The molecule has 3 N–H and O–H groups in total. The van der Waals surface area contributed by atoms with E-state index in [9.17, 15) is 4.79 Å². The molecule has 126 valence electrons. The fraction of sp³-hybridized carbons (Fsp3) is 0.350. The van der Waals surface area contributed by atoms with Crippen LogP contribution < -0.4 is 15.4 Å². The number of quaternary nitrogens is 1. The van der Waals surface area contributed by atoms with Crippen LogP contribution in [-0.2, 0) is 4.79 Å². The number of methoxy groups -OCH3 is 1. The van der Waals surface area contributed by atoms with Gasteiger partial charge in [0.1, 0.15) is 5.75 Å². The molecule has 1 aliphatic rings. The molecular formula is C20H25N2O2+. The molecule has 3 rings (SSSR count). The van der Waals surface area contributed by atoms with Gasteiger partial charge in [-0.2, -0.15) is 0 Å². The first-order valence-electron chi connectivity index (χ1n) is 8.61. The number of anilines is 1. The number of nitrogens with one attached hydrogen (secondary N) is 1. The van der Waals surface area contributed by atoms with Gasteiger partial charge < -0.3 is 15.4 Å². The number of nitrogens with two attached hydrogens (primary N) is 1. The highest BCUT2D eigenvalue weighted by molar-refractivity contribution is 5.94. The van der Waals surface area contributed by atoms with E-state index in [1.807, 2.05) is 54.6 Å². The maximum Gasteiger partial charge on any atom is 0.287 e. The van der Waals surface area contributed by atoms with Crippen molar-refractivity contribution in [3.8, 4) is 5.75 Å². The number of benzene rings is 2. The molecular weight excluding hydrogens is 300 g/mol. The van der Waals surface area contributed by atoms with Crippen LogP contribution in [0.2, 0.25) is 0 Å². The summed E-state index contributed by atoms with van der Waals surface area (Å²) in [6.45, 7) is 0. The Hall–Kier alpha value is -2.33. The summed E-state index contributed by atoms with van der Waals surface area (Å²) < 4.78 is 5.23. The summed E-state index contributed by atoms with van der Waals surface area (Å²) in [6.07, 6.45) is 4.91. The van der Waals surface area contributed by atoms with Gasteiger partial charge in [0.2, 0.25) is 0 Å². The largest absolute Gasteiger partial charge is 0.497 e. The van der Waals surface area contributed by atoms with Gasteiger partial charge in [-0.05, 0) is 37.8 Å². The van der Waals surface area contributed by atoms with E-state index in [1.54, 1.807) is 7.11 Å². The van der Waals surface area contributed by atoms with Gasteiger partial charge in [-0.25, -0.2) is 0 Å². The van der Waals surface area contributed by atoms with Gasteiger partial charge in [-0.3, -0.25) is 4.79 Å². The molecule has 2 aromatic rings. The molecule has 24 heavy (non-hydrogen) atoms. The minimum absolute atomic E-state index is 0.0151. The van der Waals surface area contributed by atoms with E-state index in [0.717, 1.165) is 17.0 Å². The lowest BCUT2D eigenvalue weighted by Crippen LogP contribution is -2.92. The van der Waals surface area contributed by atoms with Crippen LogP contribution in [0.1, 0.15) is 37.3 Å². The topological polar surface area (TPSA) is 54.9 Å². The third-order valence-electron chi connectivity index (χ3n) is 4.64. The SMILES string of the molecule is COc1cccc(NC(=O)[C@H]([NH2+]C2CCCC2)c2ccccc2)c1. The van der Waals surface area contributed by atoms with E-state index < -0.39 is 0 Å². The lowest BCUT2D eigenvalue weighted by Gasteiger charge is -2.19. The Labute approximate surface area is 143 Å². The first-order valence-corrected chi connectivity index (χ1v) is 8.61. The van der Waals surface area contributed by atoms with E-state index in [0.29, 0.717) is 6.04 Å². The molecule has 1 fully saturated rings. The van der Waals surface area contributed by atoms with E-state index in [-0.39, 0.29) is 11.9 Å². The second-order valence-corrected chi connectivity index (χ2v) is 6.35. The normalized spacial score (nSPS) is 15.9. The molecule has 4 nitrogen and oxygen atoms in total.